The molecule has 0 fully saturated rings. The van der Waals surface area contributed by atoms with E-state index in [2.05, 4.69) is 118 Å². The SMILES string of the molecule is C[n+]1[c-]n(-c2[c-]cccc2)c2c3c4cccc5c6ccccc6n(c3ccc21)c54.C[n+]1[c-]n(-c2[c-]cccc2)c2ccccc21.[Ir]. The summed E-state index contributed by atoms with van der Waals surface area (Å²) in [7, 11) is 4.06. The topological polar surface area (TPSA) is 22.0 Å². The first-order chi connectivity index (χ1) is 22.2. The quantitative estimate of drug-likeness (QED) is 0.131. The van der Waals surface area contributed by atoms with Gasteiger partial charge in [-0.15, -0.1) is 0 Å². The molecule has 0 saturated heterocycles. The first-order valence-corrected chi connectivity index (χ1v) is 15.0. The van der Waals surface area contributed by atoms with E-state index in [1.807, 2.05) is 70.8 Å². The number of imidazole rings is 2. The second kappa shape index (κ2) is 11.0. The number of aryl methyl sites for hydroxylation is 2. The second-order valence-electron chi connectivity index (χ2n) is 11.4. The fourth-order valence-corrected chi connectivity index (χ4v) is 6.84. The van der Waals surface area contributed by atoms with Crippen LogP contribution >= 0.6 is 0 Å². The molecule has 0 N–H and O–H groups in total. The number of nitrogens with zero attached hydrogens (tertiary/aromatic N) is 5. The van der Waals surface area contributed by atoms with Gasteiger partial charge in [-0.2, -0.15) is 60.7 Å². The van der Waals surface area contributed by atoms with Gasteiger partial charge in [0.2, 0.25) is 12.7 Å². The fourth-order valence-electron chi connectivity index (χ4n) is 6.84. The second-order valence-corrected chi connectivity index (χ2v) is 11.4. The van der Waals surface area contributed by atoms with Crippen LogP contribution < -0.4 is 9.13 Å². The third kappa shape index (κ3) is 4.11. The Hall–Kier alpha value is -5.29. The van der Waals surface area contributed by atoms with Gasteiger partial charge in [0.05, 0.1) is 47.2 Å². The zero-order valence-electron chi connectivity index (χ0n) is 25.2. The van der Waals surface area contributed by atoms with Gasteiger partial charge in [0.1, 0.15) is 0 Å². The largest absolute Gasteiger partial charge is 0.342 e. The molecular formula is C40H27IrN5-2. The minimum absolute atomic E-state index is 0. The van der Waals surface area contributed by atoms with Crippen LogP contribution in [0.3, 0.4) is 0 Å². The van der Waals surface area contributed by atoms with Gasteiger partial charge in [0, 0.05) is 47.2 Å². The Morgan fingerprint density at radius 1 is 0.478 bits per heavy atom. The Morgan fingerprint density at radius 3 is 1.85 bits per heavy atom. The van der Waals surface area contributed by atoms with Crippen LogP contribution in [0.2, 0.25) is 0 Å². The van der Waals surface area contributed by atoms with Gasteiger partial charge in [-0.25, -0.2) is 0 Å². The summed E-state index contributed by atoms with van der Waals surface area (Å²) in [5.74, 6) is 0. The maximum Gasteiger partial charge on any atom is 0.242 e. The number of fused-ring (bicyclic) bond motifs is 9. The van der Waals surface area contributed by atoms with E-state index in [0.29, 0.717) is 0 Å². The first-order valence-electron chi connectivity index (χ1n) is 15.0. The number of rotatable bonds is 2. The van der Waals surface area contributed by atoms with Gasteiger partial charge in [-0.1, -0.05) is 78.1 Å². The molecule has 10 rings (SSSR count). The van der Waals surface area contributed by atoms with Gasteiger partial charge < -0.3 is 22.7 Å². The van der Waals surface area contributed by atoms with Crippen LogP contribution in [0.5, 0.6) is 0 Å². The summed E-state index contributed by atoms with van der Waals surface area (Å²) in [6, 6.07) is 50.6. The zero-order valence-corrected chi connectivity index (χ0v) is 27.6. The number of para-hydroxylation sites is 6. The van der Waals surface area contributed by atoms with Crippen LogP contribution in [0.4, 0.5) is 0 Å². The van der Waals surface area contributed by atoms with Crippen molar-refractivity contribution in [3.63, 3.8) is 0 Å². The van der Waals surface area contributed by atoms with Crippen molar-refractivity contribution in [1.82, 2.24) is 13.5 Å². The van der Waals surface area contributed by atoms with Crippen molar-refractivity contribution >= 4 is 60.2 Å². The standard InChI is InChI=1S/C26H16N3.C14H11N2.Ir/c1-27-16-28(17-8-3-2-4-9-17)26-23(27)15-14-22-24(26)20-12-7-11-19-18-10-5-6-13-21(18)29(22)25(19)20;1-15-11-16(12-7-3-2-4-8-12)14-10-6-5-9-13(14)15;/h2-8,10-15H,1H3;2-7,9-10H,1H3;/q2*-1;. The molecule has 0 aliphatic carbocycles. The molecule has 0 saturated carbocycles. The van der Waals surface area contributed by atoms with Gasteiger partial charge in [-0.3, -0.25) is 0 Å². The molecule has 0 aliphatic rings. The summed E-state index contributed by atoms with van der Waals surface area (Å²) in [6.07, 6.45) is 6.75. The monoisotopic (exact) mass is 770 g/mol. The molecule has 223 valence electrons. The van der Waals surface area contributed by atoms with E-state index < -0.39 is 0 Å². The van der Waals surface area contributed by atoms with Crippen molar-refractivity contribution in [2.24, 2.45) is 14.1 Å². The molecule has 5 nitrogen and oxygen atoms in total. The molecule has 1 radical (unpaired) electrons. The van der Waals surface area contributed by atoms with Crippen molar-refractivity contribution in [2.75, 3.05) is 0 Å². The van der Waals surface area contributed by atoms with E-state index in [4.69, 9.17) is 0 Å². The molecule has 0 unspecified atom stereocenters. The Balaban J connectivity index is 0.000000157. The number of hydrogen-bond donors (Lipinski definition) is 0. The van der Waals surface area contributed by atoms with E-state index in [1.165, 1.54) is 49.1 Å². The maximum absolute atomic E-state index is 3.48. The van der Waals surface area contributed by atoms with Crippen LogP contribution in [0.15, 0.2) is 127 Å². The Morgan fingerprint density at radius 2 is 1.09 bits per heavy atom. The van der Waals surface area contributed by atoms with Crippen molar-refractivity contribution in [1.29, 1.82) is 0 Å². The molecule has 6 heteroatoms. The molecule has 0 atom stereocenters. The van der Waals surface area contributed by atoms with Gasteiger partial charge in [0.15, 0.2) is 0 Å². The average molecular weight is 770 g/mol. The molecule has 0 aliphatic heterocycles. The van der Waals surface area contributed by atoms with E-state index in [1.54, 1.807) is 0 Å². The predicted octanol–water partition coefficient (Wildman–Crippen LogP) is 7.26. The normalized spacial score (nSPS) is 11.5. The Kier molecular flexibility index (Phi) is 6.71. The molecule has 0 bridgehead atoms. The third-order valence-corrected chi connectivity index (χ3v) is 8.78. The van der Waals surface area contributed by atoms with Crippen molar-refractivity contribution in [3.8, 4) is 11.4 Å². The van der Waals surface area contributed by atoms with E-state index in [0.717, 1.165) is 22.4 Å². The van der Waals surface area contributed by atoms with E-state index in [-0.39, 0.29) is 20.1 Å². The van der Waals surface area contributed by atoms with Crippen LogP contribution in [0.25, 0.3) is 71.5 Å². The van der Waals surface area contributed by atoms with Crippen molar-refractivity contribution in [2.45, 2.75) is 0 Å². The summed E-state index contributed by atoms with van der Waals surface area (Å²) in [6.45, 7) is 0. The van der Waals surface area contributed by atoms with Crippen molar-refractivity contribution in [3.05, 3.63) is 152 Å². The molecule has 4 heterocycles. The smallest absolute Gasteiger partial charge is 0.242 e. The maximum atomic E-state index is 3.48. The Bertz CT molecular complexity index is 2660. The minimum Gasteiger partial charge on any atom is -0.342 e. The molecule has 46 heavy (non-hydrogen) atoms. The summed E-state index contributed by atoms with van der Waals surface area (Å²) >= 11 is 0. The summed E-state index contributed by atoms with van der Waals surface area (Å²) in [5.41, 5.74) is 10.4. The van der Waals surface area contributed by atoms with Crippen LogP contribution in [0.1, 0.15) is 0 Å². The summed E-state index contributed by atoms with van der Waals surface area (Å²) < 4.78 is 10.6. The van der Waals surface area contributed by atoms with E-state index >= 15 is 0 Å². The van der Waals surface area contributed by atoms with Crippen LogP contribution in [-0.2, 0) is 34.2 Å². The molecule has 0 spiro atoms. The zero-order chi connectivity index (χ0) is 30.1. The summed E-state index contributed by atoms with van der Waals surface area (Å²) in [4.78, 5) is 0. The molecule has 4 aromatic heterocycles. The Labute approximate surface area is 279 Å². The number of hydrogen-bond acceptors (Lipinski definition) is 0. The average Bonchev–Trinajstić information content (AvgIpc) is 3.83. The van der Waals surface area contributed by atoms with Crippen LogP contribution in [-0.4, -0.2) is 13.5 Å². The van der Waals surface area contributed by atoms with Gasteiger partial charge in [0.25, 0.3) is 0 Å². The van der Waals surface area contributed by atoms with Gasteiger partial charge >= 0.3 is 0 Å². The van der Waals surface area contributed by atoms with Crippen molar-refractivity contribution < 1.29 is 29.2 Å². The molecule has 0 amide bonds. The number of benzene rings is 6. The molecule has 10 aromatic rings. The summed E-state index contributed by atoms with van der Waals surface area (Å²) in [5, 5.41) is 5.16. The fraction of sp³-hybridized carbons (Fsp3) is 0.0500. The van der Waals surface area contributed by atoms with E-state index in [9.17, 15) is 0 Å². The van der Waals surface area contributed by atoms with Crippen LogP contribution in [0, 0.1) is 24.8 Å². The molecule has 6 aromatic carbocycles. The van der Waals surface area contributed by atoms with Gasteiger partial charge in [-0.05, 0) is 12.1 Å². The number of aromatic nitrogens is 5. The first kappa shape index (κ1) is 28.2. The predicted molar refractivity (Wildman–Crippen MR) is 179 cm³/mol. The molecular weight excluding hydrogens is 743 g/mol. The minimum atomic E-state index is 0. The third-order valence-electron chi connectivity index (χ3n) is 8.78.